The maximum atomic E-state index is 10.7. The Morgan fingerprint density at radius 2 is 2.12 bits per heavy atom. The van der Waals surface area contributed by atoms with E-state index >= 15 is 0 Å². The summed E-state index contributed by atoms with van der Waals surface area (Å²) in [5.41, 5.74) is 5.94. The van der Waals surface area contributed by atoms with Crippen LogP contribution in [0, 0.1) is 0 Å². The molecule has 0 spiro atoms. The van der Waals surface area contributed by atoms with Gasteiger partial charge < -0.3 is 10.5 Å². The van der Waals surface area contributed by atoms with Gasteiger partial charge in [-0.3, -0.25) is 4.79 Å². The molecule has 0 bridgehead atoms. The molecule has 0 aliphatic rings. The smallest absolute Gasteiger partial charge is 0.221 e. The van der Waals surface area contributed by atoms with Crippen LogP contribution in [0.3, 0.4) is 0 Å². The Morgan fingerprint density at radius 1 is 1.35 bits per heavy atom. The summed E-state index contributed by atoms with van der Waals surface area (Å²) in [4.78, 5) is 10.7. The second-order valence-electron chi connectivity index (χ2n) is 3.40. The molecule has 3 N–H and O–H groups in total. The fourth-order valence-corrected chi connectivity index (χ4v) is 1.30. The Morgan fingerprint density at radius 3 is 2.71 bits per heavy atom. The van der Waals surface area contributed by atoms with Crippen molar-refractivity contribution < 1.29 is 9.53 Å². The average molecular weight is 233 g/mol. The Hall–Kier alpha value is -2.44. The minimum absolute atomic E-state index is 0.227. The summed E-state index contributed by atoms with van der Waals surface area (Å²) in [5, 5.41) is 13.3. The molecule has 2 aromatic rings. The number of benzene rings is 1. The zero-order valence-corrected chi connectivity index (χ0v) is 8.96. The number of nitrogens with two attached hydrogens (primary N) is 1. The van der Waals surface area contributed by atoms with Crippen LogP contribution >= 0.6 is 0 Å². The molecule has 0 fully saturated rings. The zero-order chi connectivity index (χ0) is 12.1. The largest absolute Gasteiger partial charge is 0.485 e. The number of hydrogen-bond acceptors (Lipinski definition) is 5. The highest BCUT2D eigenvalue weighted by Crippen LogP contribution is 2.13. The van der Waals surface area contributed by atoms with Crippen LogP contribution in [0.4, 0.5) is 0 Å². The minimum atomic E-state index is -0.356. The minimum Gasteiger partial charge on any atom is -0.485 e. The second-order valence-corrected chi connectivity index (χ2v) is 3.40. The number of ether oxygens (including phenoxy) is 1. The zero-order valence-electron chi connectivity index (χ0n) is 8.96. The predicted molar refractivity (Wildman–Crippen MR) is 57.9 cm³/mol. The van der Waals surface area contributed by atoms with Crippen LogP contribution < -0.4 is 10.5 Å². The van der Waals surface area contributed by atoms with E-state index in [-0.39, 0.29) is 18.9 Å². The number of H-pyrrole nitrogens is 1. The van der Waals surface area contributed by atoms with Crippen molar-refractivity contribution in [3.8, 4) is 5.75 Å². The Bertz CT molecular complexity index is 480. The second kappa shape index (κ2) is 5.06. The van der Waals surface area contributed by atoms with E-state index in [2.05, 4.69) is 20.6 Å². The third-order valence-corrected chi connectivity index (χ3v) is 2.06. The van der Waals surface area contributed by atoms with Crippen molar-refractivity contribution in [2.75, 3.05) is 0 Å². The highest BCUT2D eigenvalue weighted by molar-refractivity contribution is 5.76. The van der Waals surface area contributed by atoms with Crippen LogP contribution in [0.15, 0.2) is 24.3 Å². The van der Waals surface area contributed by atoms with E-state index in [1.807, 2.05) is 0 Å². The molecule has 7 heteroatoms. The molecule has 1 aromatic carbocycles. The van der Waals surface area contributed by atoms with Gasteiger partial charge in [-0.2, -0.15) is 5.21 Å². The van der Waals surface area contributed by atoms with E-state index in [4.69, 9.17) is 10.5 Å². The van der Waals surface area contributed by atoms with Crippen molar-refractivity contribution >= 4 is 5.91 Å². The van der Waals surface area contributed by atoms with Crippen molar-refractivity contribution in [3.05, 3.63) is 35.7 Å². The maximum Gasteiger partial charge on any atom is 0.221 e. The highest BCUT2D eigenvalue weighted by Gasteiger charge is 2.01. The van der Waals surface area contributed by atoms with E-state index in [0.29, 0.717) is 11.6 Å². The van der Waals surface area contributed by atoms with Crippen LogP contribution in [0.5, 0.6) is 5.75 Å². The molecule has 0 saturated heterocycles. The highest BCUT2D eigenvalue weighted by atomic mass is 16.5. The Labute approximate surface area is 97.0 Å². The molecular weight excluding hydrogens is 222 g/mol. The van der Waals surface area contributed by atoms with Crippen LogP contribution in [-0.2, 0) is 17.8 Å². The van der Waals surface area contributed by atoms with Crippen molar-refractivity contribution in [1.82, 2.24) is 20.6 Å². The number of amides is 1. The SMILES string of the molecule is NC(=O)Cc1ccc(OCc2nn[nH]n2)cc1. The van der Waals surface area contributed by atoms with Gasteiger partial charge in [0.1, 0.15) is 5.75 Å². The lowest BCUT2D eigenvalue weighted by atomic mass is 10.1. The van der Waals surface area contributed by atoms with Gasteiger partial charge in [-0.05, 0) is 17.7 Å². The number of nitrogens with one attached hydrogen (secondary N) is 1. The number of aromatic nitrogens is 4. The average Bonchev–Trinajstić information content (AvgIpc) is 2.80. The van der Waals surface area contributed by atoms with E-state index in [1.165, 1.54) is 0 Å². The van der Waals surface area contributed by atoms with Crippen LogP contribution in [0.25, 0.3) is 0 Å². The number of primary amides is 1. The van der Waals surface area contributed by atoms with E-state index < -0.39 is 0 Å². The molecule has 0 saturated carbocycles. The molecule has 1 aromatic heterocycles. The summed E-state index contributed by atoms with van der Waals surface area (Å²) in [6, 6.07) is 7.10. The summed E-state index contributed by atoms with van der Waals surface area (Å²) < 4.78 is 5.41. The number of tetrazole rings is 1. The topological polar surface area (TPSA) is 107 Å². The molecule has 1 heterocycles. The quantitative estimate of drug-likeness (QED) is 0.744. The monoisotopic (exact) mass is 233 g/mol. The lowest BCUT2D eigenvalue weighted by Gasteiger charge is -2.04. The third-order valence-electron chi connectivity index (χ3n) is 2.06. The van der Waals surface area contributed by atoms with E-state index in [9.17, 15) is 4.79 Å². The van der Waals surface area contributed by atoms with Gasteiger partial charge in [0.2, 0.25) is 11.7 Å². The number of nitrogens with zero attached hydrogens (tertiary/aromatic N) is 3. The van der Waals surface area contributed by atoms with E-state index in [1.54, 1.807) is 24.3 Å². The molecule has 17 heavy (non-hydrogen) atoms. The van der Waals surface area contributed by atoms with E-state index in [0.717, 1.165) is 5.56 Å². The molecule has 7 nitrogen and oxygen atoms in total. The lowest BCUT2D eigenvalue weighted by Crippen LogP contribution is -2.13. The van der Waals surface area contributed by atoms with Gasteiger partial charge in [0.15, 0.2) is 6.61 Å². The summed E-state index contributed by atoms with van der Waals surface area (Å²) in [7, 11) is 0. The molecule has 0 atom stereocenters. The van der Waals surface area contributed by atoms with Gasteiger partial charge >= 0.3 is 0 Å². The summed E-state index contributed by atoms with van der Waals surface area (Å²) in [5.74, 6) is 0.791. The molecule has 0 aliphatic carbocycles. The van der Waals surface area contributed by atoms with Crippen molar-refractivity contribution in [3.63, 3.8) is 0 Å². The molecule has 1 amide bonds. The first-order valence-corrected chi connectivity index (χ1v) is 4.96. The fraction of sp³-hybridized carbons (Fsp3) is 0.200. The normalized spacial score (nSPS) is 10.1. The first kappa shape index (κ1) is 11.1. The summed E-state index contributed by atoms with van der Waals surface area (Å²) in [6.07, 6.45) is 0.227. The molecular formula is C10H11N5O2. The van der Waals surface area contributed by atoms with Gasteiger partial charge in [0.25, 0.3) is 0 Å². The van der Waals surface area contributed by atoms with Crippen LogP contribution in [0.2, 0.25) is 0 Å². The van der Waals surface area contributed by atoms with Gasteiger partial charge in [-0.15, -0.1) is 10.2 Å². The fourth-order valence-electron chi connectivity index (χ4n) is 1.30. The molecule has 88 valence electrons. The number of carbonyl (C=O) groups is 1. The van der Waals surface area contributed by atoms with Gasteiger partial charge in [-0.1, -0.05) is 17.3 Å². The number of hydrogen-bond donors (Lipinski definition) is 2. The third kappa shape index (κ3) is 3.26. The standard InChI is InChI=1S/C10H11N5O2/c11-9(16)5-7-1-3-8(4-2-7)17-6-10-12-14-15-13-10/h1-4H,5-6H2,(H2,11,16)(H,12,13,14,15). The number of rotatable bonds is 5. The van der Waals surface area contributed by atoms with Gasteiger partial charge in [0, 0.05) is 0 Å². The number of aromatic amines is 1. The van der Waals surface area contributed by atoms with Gasteiger partial charge in [-0.25, -0.2) is 0 Å². The number of carbonyl (C=O) groups excluding carboxylic acids is 1. The summed E-state index contributed by atoms with van der Waals surface area (Å²) >= 11 is 0. The summed E-state index contributed by atoms with van der Waals surface area (Å²) in [6.45, 7) is 0.242. The molecule has 0 unspecified atom stereocenters. The van der Waals surface area contributed by atoms with Gasteiger partial charge in [0.05, 0.1) is 6.42 Å². The molecule has 0 radical (unpaired) electrons. The van der Waals surface area contributed by atoms with Crippen molar-refractivity contribution in [2.24, 2.45) is 5.73 Å². The molecule has 0 aliphatic heterocycles. The van der Waals surface area contributed by atoms with Crippen LogP contribution in [0.1, 0.15) is 11.4 Å². The van der Waals surface area contributed by atoms with Crippen molar-refractivity contribution in [1.29, 1.82) is 0 Å². The predicted octanol–water partition coefficient (Wildman–Crippen LogP) is -0.194. The van der Waals surface area contributed by atoms with Crippen molar-refractivity contribution in [2.45, 2.75) is 13.0 Å². The first-order valence-electron chi connectivity index (χ1n) is 4.96. The lowest BCUT2D eigenvalue weighted by molar-refractivity contribution is -0.117. The molecule has 2 rings (SSSR count). The first-order chi connectivity index (χ1) is 8.24. The Balaban J connectivity index is 1.91. The Kier molecular flexibility index (Phi) is 3.29. The maximum absolute atomic E-state index is 10.7. The van der Waals surface area contributed by atoms with Crippen LogP contribution in [-0.4, -0.2) is 26.5 Å².